The van der Waals surface area contributed by atoms with E-state index in [1.54, 1.807) is 12.1 Å². The van der Waals surface area contributed by atoms with Crippen LogP contribution in [-0.4, -0.2) is 17.4 Å². The number of nitro benzene ring substituents is 1. The minimum atomic E-state index is -0.475. The minimum absolute atomic E-state index is 0.0149. The molecule has 108 valence electrons. The number of nitrogens with zero attached hydrogens (tertiary/aromatic N) is 1. The number of carbonyl (C=O) groups excluding carboxylic acids is 1. The van der Waals surface area contributed by atoms with Gasteiger partial charge in [-0.25, -0.2) is 0 Å². The minimum Gasteiger partial charge on any atom is -0.376 e. The summed E-state index contributed by atoms with van der Waals surface area (Å²) in [7, 11) is 0. The number of nitrogens with one attached hydrogen (secondary N) is 2. The molecule has 2 aromatic rings. The average Bonchev–Trinajstić information content (AvgIpc) is 2.48. The number of hydrogen-bond acceptors (Lipinski definition) is 4. The van der Waals surface area contributed by atoms with Crippen molar-refractivity contribution in [1.29, 1.82) is 0 Å². The maximum Gasteiger partial charge on any atom is 0.271 e. The van der Waals surface area contributed by atoms with Crippen LogP contribution in [0, 0.1) is 17.0 Å². The Morgan fingerprint density at radius 1 is 1.14 bits per heavy atom. The van der Waals surface area contributed by atoms with Crippen molar-refractivity contribution in [3.63, 3.8) is 0 Å². The number of hydrogen-bond donors (Lipinski definition) is 2. The molecular formula is C15H15N3O3. The number of non-ortho nitro benzene ring substituents is 1. The van der Waals surface area contributed by atoms with Gasteiger partial charge in [0.1, 0.15) is 0 Å². The van der Waals surface area contributed by atoms with Gasteiger partial charge in [-0.3, -0.25) is 14.9 Å². The van der Waals surface area contributed by atoms with E-state index in [1.165, 1.54) is 12.1 Å². The standard InChI is InChI=1S/C15H15N3O3/c1-11-5-7-12(8-6-11)17-15(19)10-16-13-3-2-4-14(9-13)18(20)21/h2-9,16H,10H2,1H3,(H,17,19). The second-order valence-electron chi connectivity index (χ2n) is 4.58. The Kier molecular flexibility index (Phi) is 4.50. The summed E-state index contributed by atoms with van der Waals surface area (Å²) in [6, 6.07) is 13.5. The number of carbonyl (C=O) groups is 1. The first-order valence-corrected chi connectivity index (χ1v) is 6.39. The Bertz CT molecular complexity index is 653. The van der Waals surface area contributed by atoms with Gasteiger partial charge >= 0.3 is 0 Å². The van der Waals surface area contributed by atoms with Crippen LogP contribution in [0.15, 0.2) is 48.5 Å². The number of amides is 1. The summed E-state index contributed by atoms with van der Waals surface area (Å²) in [6.45, 7) is 2.00. The predicted octanol–water partition coefficient (Wildman–Crippen LogP) is 2.95. The van der Waals surface area contributed by atoms with Crippen molar-refractivity contribution in [2.75, 3.05) is 17.2 Å². The molecule has 0 heterocycles. The van der Waals surface area contributed by atoms with E-state index in [0.29, 0.717) is 11.4 Å². The van der Waals surface area contributed by atoms with Crippen molar-refractivity contribution in [2.24, 2.45) is 0 Å². The third kappa shape index (κ3) is 4.31. The predicted molar refractivity (Wildman–Crippen MR) is 81.4 cm³/mol. The fourth-order valence-electron chi connectivity index (χ4n) is 1.75. The number of aryl methyl sites for hydroxylation is 1. The summed E-state index contributed by atoms with van der Waals surface area (Å²) >= 11 is 0. The Morgan fingerprint density at radius 2 is 1.86 bits per heavy atom. The van der Waals surface area contributed by atoms with Crippen molar-refractivity contribution >= 4 is 23.0 Å². The molecule has 0 bridgehead atoms. The zero-order valence-electron chi connectivity index (χ0n) is 11.5. The number of benzene rings is 2. The monoisotopic (exact) mass is 285 g/mol. The van der Waals surface area contributed by atoms with Crippen LogP contribution in [0.25, 0.3) is 0 Å². The normalized spacial score (nSPS) is 9.95. The van der Waals surface area contributed by atoms with E-state index in [9.17, 15) is 14.9 Å². The Labute approximate surface area is 121 Å². The van der Waals surface area contributed by atoms with Crippen molar-refractivity contribution in [3.05, 3.63) is 64.2 Å². The van der Waals surface area contributed by atoms with Crippen LogP contribution in [0.4, 0.5) is 17.1 Å². The average molecular weight is 285 g/mol. The molecule has 0 aliphatic rings. The van der Waals surface area contributed by atoms with Crippen LogP contribution < -0.4 is 10.6 Å². The van der Waals surface area contributed by atoms with E-state index in [-0.39, 0.29) is 18.1 Å². The first kappa shape index (κ1) is 14.5. The highest BCUT2D eigenvalue weighted by atomic mass is 16.6. The second kappa shape index (κ2) is 6.51. The molecule has 0 saturated heterocycles. The lowest BCUT2D eigenvalue weighted by atomic mass is 10.2. The van der Waals surface area contributed by atoms with Gasteiger partial charge in [0.05, 0.1) is 11.5 Å². The molecule has 2 rings (SSSR count). The Balaban J connectivity index is 1.90. The largest absolute Gasteiger partial charge is 0.376 e. The zero-order valence-corrected chi connectivity index (χ0v) is 11.5. The van der Waals surface area contributed by atoms with E-state index in [1.807, 2.05) is 31.2 Å². The van der Waals surface area contributed by atoms with Gasteiger partial charge in [-0.05, 0) is 25.1 Å². The Morgan fingerprint density at radius 3 is 2.52 bits per heavy atom. The first-order chi connectivity index (χ1) is 10.0. The lowest BCUT2D eigenvalue weighted by molar-refractivity contribution is -0.384. The van der Waals surface area contributed by atoms with Crippen LogP contribution in [-0.2, 0) is 4.79 Å². The molecule has 0 fully saturated rings. The molecule has 0 radical (unpaired) electrons. The van der Waals surface area contributed by atoms with Gasteiger partial charge in [-0.1, -0.05) is 23.8 Å². The summed E-state index contributed by atoms with van der Waals surface area (Å²) < 4.78 is 0. The van der Waals surface area contributed by atoms with Gasteiger partial charge in [-0.2, -0.15) is 0 Å². The van der Waals surface area contributed by atoms with Gasteiger partial charge in [0.2, 0.25) is 5.91 Å². The van der Waals surface area contributed by atoms with Crippen molar-refractivity contribution in [3.8, 4) is 0 Å². The highest BCUT2D eigenvalue weighted by molar-refractivity contribution is 5.93. The molecule has 0 unspecified atom stereocenters. The van der Waals surface area contributed by atoms with Crippen molar-refractivity contribution in [1.82, 2.24) is 0 Å². The van der Waals surface area contributed by atoms with Gasteiger partial charge < -0.3 is 10.6 Å². The third-order valence-corrected chi connectivity index (χ3v) is 2.85. The van der Waals surface area contributed by atoms with Crippen LogP contribution in [0.5, 0.6) is 0 Å². The van der Waals surface area contributed by atoms with Gasteiger partial charge in [0.25, 0.3) is 5.69 Å². The SMILES string of the molecule is Cc1ccc(NC(=O)CNc2cccc([N+](=O)[O-])c2)cc1. The number of rotatable bonds is 5. The van der Waals surface area contributed by atoms with Gasteiger partial charge in [0, 0.05) is 23.5 Å². The molecule has 0 aliphatic carbocycles. The molecule has 2 aromatic carbocycles. The maximum atomic E-state index is 11.8. The van der Waals surface area contributed by atoms with Crippen LogP contribution >= 0.6 is 0 Å². The first-order valence-electron chi connectivity index (χ1n) is 6.39. The molecule has 6 heteroatoms. The van der Waals surface area contributed by atoms with Gasteiger partial charge in [0.15, 0.2) is 0 Å². The fraction of sp³-hybridized carbons (Fsp3) is 0.133. The van der Waals surface area contributed by atoms with E-state index in [4.69, 9.17) is 0 Å². The van der Waals surface area contributed by atoms with Crippen molar-refractivity contribution < 1.29 is 9.72 Å². The summed E-state index contributed by atoms with van der Waals surface area (Å²) in [4.78, 5) is 22.0. The molecule has 21 heavy (non-hydrogen) atoms. The molecule has 6 nitrogen and oxygen atoms in total. The smallest absolute Gasteiger partial charge is 0.271 e. The zero-order chi connectivity index (χ0) is 15.2. The Hall–Kier alpha value is -2.89. The fourth-order valence-corrected chi connectivity index (χ4v) is 1.75. The van der Waals surface area contributed by atoms with Crippen LogP contribution in [0.1, 0.15) is 5.56 Å². The number of nitro groups is 1. The second-order valence-corrected chi connectivity index (χ2v) is 4.58. The highest BCUT2D eigenvalue weighted by Gasteiger charge is 2.07. The van der Waals surface area contributed by atoms with Crippen LogP contribution in [0.3, 0.4) is 0 Å². The van der Waals surface area contributed by atoms with Gasteiger partial charge in [-0.15, -0.1) is 0 Å². The van der Waals surface area contributed by atoms with Crippen LogP contribution in [0.2, 0.25) is 0 Å². The van der Waals surface area contributed by atoms with Crippen molar-refractivity contribution in [2.45, 2.75) is 6.92 Å². The summed E-state index contributed by atoms with van der Waals surface area (Å²) in [5.74, 6) is -0.217. The number of anilines is 2. The molecule has 0 spiro atoms. The highest BCUT2D eigenvalue weighted by Crippen LogP contribution is 2.16. The molecule has 0 atom stereocenters. The summed E-state index contributed by atoms with van der Waals surface area (Å²) in [6.07, 6.45) is 0. The lowest BCUT2D eigenvalue weighted by Gasteiger charge is -2.08. The van der Waals surface area contributed by atoms with E-state index < -0.39 is 4.92 Å². The maximum absolute atomic E-state index is 11.8. The topological polar surface area (TPSA) is 84.3 Å². The van der Waals surface area contributed by atoms with E-state index in [0.717, 1.165) is 5.56 Å². The summed E-state index contributed by atoms with van der Waals surface area (Å²) in [5, 5.41) is 16.3. The molecule has 2 N–H and O–H groups in total. The molecule has 0 saturated carbocycles. The molecular weight excluding hydrogens is 270 g/mol. The van der Waals surface area contributed by atoms with E-state index in [2.05, 4.69) is 10.6 Å². The molecule has 1 amide bonds. The molecule has 0 aliphatic heterocycles. The molecule has 0 aromatic heterocycles. The van der Waals surface area contributed by atoms with E-state index >= 15 is 0 Å². The quantitative estimate of drug-likeness (QED) is 0.653. The summed E-state index contributed by atoms with van der Waals surface area (Å²) in [5.41, 5.74) is 2.34. The lowest BCUT2D eigenvalue weighted by Crippen LogP contribution is -2.21. The third-order valence-electron chi connectivity index (χ3n) is 2.85.